The molecule has 0 saturated heterocycles. The van der Waals surface area contributed by atoms with Crippen LogP contribution in [0.1, 0.15) is 6.92 Å². The summed E-state index contributed by atoms with van der Waals surface area (Å²) in [5.74, 6) is 3.82. The Bertz CT molecular complexity index is 62.9. The fourth-order valence-electron chi connectivity index (χ4n) is 0.532. The summed E-state index contributed by atoms with van der Waals surface area (Å²) in [4.78, 5) is 0. The molecule has 0 aliphatic rings. The molecule has 0 spiro atoms. The minimum atomic E-state index is 0.251. The van der Waals surface area contributed by atoms with Gasteiger partial charge in [0.25, 0.3) is 0 Å². The van der Waals surface area contributed by atoms with Crippen LogP contribution in [0.5, 0.6) is 0 Å². The minimum Gasteiger partial charge on any atom is -0.330 e. The van der Waals surface area contributed by atoms with Gasteiger partial charge in [0.15, 0.2) is 0 Å². The first-order chi connectivity index (χ1) is 4.31. The number of hydrogen-bond acceptors (Lipinski definition) is 2. The lowest BCUT2D eigenvalue weighted by molar-refractivity contribution is 1.15. The van der Waals surface area contributed by atoms with E-state index in [1.807, 2.05) is 11.6 Å². The number of thiol groups is 1. The monoisotopic (exact) mass is 165 g/mol. The molecular formula is C5H16BNS2. The summed E-state index contributed by atoms with van der Waals surface area (Å²) >= 11 is 2.03. The average Bonchev–Trinajstić information content (AvgIpc) is 1.85. The lowest BCUT2D eigenvalue weighted by Crippen LogP contribution is -2.06. The van der Waals surface area contributed by atoms with Gasteiger partial charge in [-0.3, -0.25) is 10.7 Å². The molecule has 4 heteroatoms. The fourth-order valence-corrected chi connectivity index (χ4v) is 3.47. The van der Waals surface area contributed by atoms with E-state index >= 15 is 0 Å². The van der Waals surface area contributed by atoms with Crippen LogP contribution >= 0.6 is 22.4 Å². The largest absolute Gasteiger partial charge is 0.330 e. The maximum atomic E-state index is 5.41. The average molecular weight is 165 g/mol. The third-order valence-corrected chi connectivity index (χ3v) is 4.95. The summed E-state index contributed by atoms with van der Waals surface area (Å²) in [5.41, 5.74) is 5.41. The summed E-state index contributed by atoms with van der Waals surface area (Å²) < 4.78 is 0. The Morgan fingerprint density at radius 2 is 2.33 bits per heavy atom. The second-order valence-electron chi connectivity index (χ2n) is 1.99. The van der Waals surface area contributed by atoms with Crippen molar-refractivity contribution in [1.29, 1.82) is 0 Å². The standard InChI is InChI=1S/C5H16BNS2/c1-3-8-6-9(2)5-4-7/h6,9H,3-5,7H2,1-2H3. The normalized spacial score (nSPS) is 15.2. The van der Waals surface area contributed by atoms with Gasteiger partial charge in [0.2, 0.25) is 5.84 Å². The topological polar surface area (TPSA) is 26.0 Å². The van der Waals surface area contributed by atoms with Gasteiger partial charge in [-0.1, -0.05) is 6.92 Å². The van der Waals surface area contributed by atoms with Crippen LogP contribution in [0.4, 0.5) is 0 Å². The van der Waals surface area contributed by atoms with E-state index in [-0.39, 0.29) is 10.7 Å². The summed E-state index contributed by atoms with van der Waals surface area (Å²) in [6.07, 6.45) is 2.32. The van der Waals surface area contributed by atoms with Crippen LogP contribution in [0.2, 0.25) is 0 Å². The molecule has 0 fully saturated rings. The van der Waals surface area contributed by atoms with Gasteiger partial charge in [0.05, 0.1) is 0 Å². The van der Waals surface area contributed by atoms with Gasteiger partial charge < -0.3 is 5.73 Å². The number of hydrogen-bond donors (Lipinski definition) is 2. The van der Waals surface area contributed by atoms with Crippen LogP contribution in [-0.4, -0.2) is 30.1 Å². The van der Waals surface area contributed by atoms with Gasteiger partial charge in [-0.25, -0.2) is 11.6 Å². The predicted octanol–water partition coefficient (Wildman–Crippen LogP) is 0.596. The van der Waals surface area contributed by atoms with Crippen LogP contribution in [0.3, 0.4) is 0 Å². The minimum absolute atomic E-state index is 0.251. The van der Waals surface area contributed by atoms with E-state index in [1.165, 1.54) is 17.3 Å². The van der Waals surface area contributed by atoms with E-state index in [0.29, 0.717) is 0 Å². The van der Waals surface area contributed by atoms with Crippen LogP contribution < -0.4 is 5.73 Å². The molecule has 0 bridgehead atoms. The van der Waals surface area contributed by atoms with Crippen molar-refractivity contribution in [3.05, 3.63) is 0 Å². The van der Waals surface area contributed by atoms with Crippen molar-refractivity contribution in [3.63, 3.8) is 0 Å². The third kappa shape index (κ3) is 6.61. The van der Waals surface area contributed by atoms with Gasteiger partial charge in [-0.2, -0.15) is 0 Å². The highest BCUT2D eigenvalue weighted by molar-refractivity contribution is 8.58. The molecule has 2 N–H and O–H groups in total. The summed E-state index contributed by atoms with van der Waals surface area (Å²) in [5, 5.41) is 0. The smallest absolute Gasteiger partial charge is 0.237 e. The molecule has 1 atom stereocenters. The quantitative estimate of drug-likeness (QED) is 0.460. The van der Waals surface area contributed by atoms with Crippen LogP contribution in [0.25, 0.3) is 0 Å². The van der Waals surface area contributed by atoms with E-state index in [0.717, 1.165) is 6.54 Å². The van der Waals surface area contributed by atoms with Crippen molar-refractivity contribution < 1.29 is 0 Å². The predicted molar refractivity (Wildman–Crippen MR) is 54.1 cm³/mol. The molecule has 0 amide bonds. The molecule has 56 valence electrons. The highest BCUT2D eigenvalue weighted by Crippen LogP contribution is 2.21. The van der Waals surface area contributed by atoms with Crippen LogP contribution in [0, 0.1) is 0 Å². The molecule has 0 saturated carbocycles. The first-order valence-corrected chi connectivity index (χ1v) is 6.59. The SMILES string of the molecule is CCSB[SH](C)CCN. The Labute approximate surface area is 65.5 Å². The van der Waals surface area contributed by atoms with Crippen LogP contribution in [0.15, 0.2) is 0 Å². The second kappa shape index (κ2) is 6.84. The van der Waals surface area contributed by atoms with Gasteiger partial charge in [0.1, 0.15) is 0 Å². The highest BCUT2D eigenvalue weighted by atomic mass is 32.2. The molecule has 0 aliphatic carbocycles. The first-order valence-electron chi connectivity index (χ1n) is 3.27. The maximum absolute atomic E-state index is 5.41. The van der Waals surface area contributed by atoms with Crippen molar-refractivity contribution in [2.45, 2.75) is 6.92 Å². The van der Waals surface area contributed by atoms with Crippen molar-refractivity contribution in [2.75, 3.05) is 24.3 Å². The lowest BCUT2D eigenvalue weighted by atomic mass is 10.7. The molecule has 0 heterocycles. The van der Waals surface area contributed by atoms with Gasteiger partial charge in [0, 0.05) is 0 Å². The molecule has 1 nitrogen and oxygen atoms in total. The van der Waals surface area contributed by atoms with E-state index in [4.69, 9.17) is 5.73 Å². The van der Waals surface area contributed by atoms with Gasteiger partial charge in [-0.15, -0.1) is 0 Å². The van der Waals surface area contributed by atoms with E-state index in [9.17, 15) is 0 Å². The Morgan fingerprint density at radius 1 is 1.67 bits per heavy atom. The molecule has 0 rings (SSSR count). The van der Waals surface area contributed by atoms with Crippen molar-refractivity contribution >= 4 is 28.2 Å². The zero-order valence-electron chi connectivity index (χ0n) is 6.26. The summed E-state index contributed by atoms with van der Waals surface area (Å²) in [6.45, 7) is 3.07. The molecule has 0 aromatic heterocycles. The van der Waals surface area contributed by atoms with Crippen molar-refractivity contribution in [2.24, 2.45) is 5.73 Å². The highest BCUT2D eigenvalue weighted by Gasteiger charge is 1.96. The number of rotatable bonds is 5. The zero-order valence-corrected chi connectivity index (χ0v) is 7.97. The molecule has 9 heavy (non-hydrogen) atoms. The molecular weight excluding hydrogens is 149 g/mol. The molecule has 0 radical (unpaired) electrons. The summed E-state index contributed by atoms with van der Waals surface area (Å²) in [6, 6.07) is 0. The fraction of sp³-hybridized carbons (Fsp3) is 1.00. The number of nitrogens with two attached hydrogens (primary N) is 1. The molecule has 0 aromatic carbocycles. The zero-order chi connectivity index (χ0) is 7.11. The summed E-state index contributed by atoms with van der Waals surface area (Å²) in [7, 11) is 0.251. The van der Waals surface area contributed by atoms with Crippen molar-refractivity contribution in [1.82, 2.24) is 0 Å². The second-order valence-corrected chi connectivity index (χ2v) is 6.17. The first kappa shape index (κ1) is 9.72. The van der Waals surface area contributed by atoms with E-state index in [1.54, 1.807) is 0 Å². The van der Waals surface area contributed by atoms with Gasteiger partial charge in [-0.05, 0) is 24.3 Å². The van der Waals surface area contributed by atoms with E-state index < -0.39 is 0 Å². The molecule has 1 unspecified atom stereocenters. The Morgan fingerprint density at radius 3 is 2.78 bits per heavy atom. The molecule has 0 aliphatic heterocycles. The van der Waals surface area contributed by atoms with Gasteiger partial charge >= 0.3 is 0 Å². The lowest BCUT2D eigenvalue weighted by Gasteiger charge is -2.10. The third-order valence-electron chi connectivity index (χ3n) is 1.03. The maximum Gasteiger partial charge on any atom is 0.237 e. The Kier molecular flexibility index (Phi) is 7.39. The van der Waals surface area contributed by atoms with E-state index in [2.05, 4.69) is 13.2 Å². The Hall–Kier alpha value is 0.725. The van der Waals surface area contributed by atoms with Crippen LogP contribution in [-0.2, 0) is 0 Å². The Balaban J connectivity index is 2.95. The molecule has 0 aromatic rings. The van der Waals surface area contributed by atoms with Crippen molar-refractivity contribution in [3.8, 4) is 0 Å².